The Labute approximate surface area is 232 Å². The van der Waals surface area contributed by atoms with Crippen molar-refractivity contribution in [3.8, 4) is 10.8 Å². The molecular weight excluding hydrogens is 507 g/mol. The molecule has 1 atom stereocenters. The first-order valence-electron chi connectivity index (χ1n) is 11.7. The normalized spacial score (nSPS) is 15.2. The van der Waals surface area contributed by atoms with E-state index in [1.165, 1.54) is 0 Å². The fourth-order valence-corrected chi connectivity index (χ4v) is 4.55. The molecule has 1 aliphatic carbocycles. The molecule has 38 heavy (non-hydrogen) atoms. The summed E-state index contributed by atoms with van der Waals surface area (Å²) in [5, 5.41) is 28.9. The Bertz CT molecular complexity index is 1380. The monoisotopic (exact) mass is 531 g/mol. The minimum atomic E-state index is -0.101. The Morgan fingerprint density at radius 1 is 0.789 bits per heavy atom. The van der Waals surface area contributed by atoms with E-state index in [0.29, 0.717) is 0 Å². The standard InChI is InChI=1S/C22H19N3.C9H6N2S2/c23-22(24-16-19-11-5-2-6-12-19)25-17-21-14-8-7-13-20(21)15-18-9-3-1-4-10-18;10-6-12-9(13-7-11)8-4-2-1-3-5-8/h1-17,21,23H;1-5,9H. The van der Waals surface area contributed by atoms with Gasteiger partial charge in [0, 0.05) is 18.3 Å². The third kappa shape index (κ3) is 9.91. The summed E-state index contributed by atoms with van der Waals surface area (Å²) in [6, 6.07) is 29.4. The maximum absolute atomic E-state index is 8.51. The van der Waals surface area contributed by atoms with Crippen LogP contribution in [0.3, 0.4) is 0 Å². The van der Waals surface area contributed by atoms with Gasteiger partial charge in [-0.2, -0.15) is 10.5 Å². The molecule has 0 aromatic heterocycles. The molecule has 0 saturated carbocycles. The first kappa shape index (κ1) is 28.1. The highest BCUT2D eigenvalue weighted by Crippen LogP contribution is 2.37. The van der Waals surface area contributed by atoms with Crippen molar-refractivity contribution in [1.29, 1.82) is 15.9 Å². The molecular formula is C31H25N5S2. The lowest BCUT2D eigenvalue weighted by atomic mass is 9.94. The zero-order valence-electron chi connectivity index (χ0n) is 20.5. The molecule has 1 unspecified atom stereocenters. The first-order valence-corrected chi connectivity index (χ1v) is 13.4. The maximum Gasteiger partial charge on any atom is 0.241 e. The Morgan fingerprint density at radius 2 is 1.37 bits per heavy atom. The van der Waals surface area contributed by atoms with Crippen molar-refractivity contribution in [3.63, 3.8) is 0 Å². The number of hydrogen-bond acceptors (Lipinski definition) is 5. The van der Waals surface area contributed by atoms with Gasteiger partial charge in [-0.05, 0) is 45.8 Å². The quantitative estimate of drug-likeness (QED) is 0.151. The molecule has 0 amide bonds. The van der Waals surface area contributed by atoms with E-state index in [1.54, 1.807) is 12.4 Å². The number of rotatable bonds is 6. The molecule has 3 aromatic carbocycles. The number of aliphatic imine (C=N–C) groups is 2. The largest absolute Gasteiger partial charge is 0.266 e. The van der Waals surface area contributed by atoms with Crippen LogP contribution >= 0.6 is 23.5 Å². The van der Waals surface area contributed by atoms with Crippen LogP contribution in [0.2, 0.25) is 0 Å². The highest BCUT2D eigenvalue weighted by Gasteiger charge is 2.11. The number of nitrogens with zero attached hydrogens (tertiary/aromatic N) is 4. The van der Waals surface area contributed by atoms with Crippen molar-refractivity contribution in [1.82, 2.24) is 0 Å². The van der Waals surface area contributed by atoms with Gasteiger partial charge in [0.2, 0.25) is 5.96 Å². The second kappa shape index (κ2) is 16.3. The van der Waals surface area contributed by atoms with E-state index in [4.69, 9.17) is 15.9 Å². The summed E-state index contributed by atoms with van der Waals surface area (Å²) in [4.78, 5) is 8.28. The van der Waals surface area contributed by atoms with E-state index in [1.807, 2.05) is 102 Å². The van der Waals surface area contributed by atoms with Gasteiger partial charge in [0.05, 0.1) is 0 Å². The first-order chi connectivity index (χ1) is 18.7. The Balaban J connectivity index is 0.000000260. The highest BCUT2D eigenvalue weighted by molar-refractivity contribution is 8.20. The molecule has 7 heteroatoms. The smallest absolute Gasteiger partial charge is 0.241 e. The van der Waals surface area contributed by atoms with Crippen LogP contribution in [-0.2, 0) is 0 Å². The van der Waals surface area contributed by atoms with Crippen molar-refractivity contribution in [3.05, 3.63) is 138 Å². The predicted octanol–water partition coefficient (Wildman–Crippen LogP) is 8.05. The molecule has 0 saturated heterocycles. The number of benzene rings is 3. The van der Waals surface area contributed by atoms with Crippen LogP contribution in [-0.4, -0.2) is 18.4 Å². The molecule has 4 rings (SSSR count). The summed E-state index contributed by atoms with van der Waals surface area (Å²) in [5.74, 6) is 0.0309. The van der Waals surface area contributed by atoms with Crippen LogP contribution in [0.1, 0.15) is 21.3 Å². The fraction of sp³-hybridized carbons (Fsp3) is 0.0645. The summed E-state index contributed by atoms with van der Waals surface area (Å²) in [6.45, 7) is 0. The third-order valence-corrected chi connectivity index (χ3v) is 6.88. The summed E-state index contributed by atoms with van der Waals surface area (Å²) in [6.07, 6.45) is 13.7. The molecule has 0 heterocycles. The van der Waals surface area contributed by atoms with Gasteiger partial charge in [-0.25, -0.2) is 9.98 Å². The van der Waals surface area contributed by atoms with Gasteiger partial charge < -0.3 is 0 Å². The van der Waals surface area contributed by atoms with Gasteiger partial charge in [0.1, 0.15) is 15.4 Å². The summed E-state index contributed by atoms with van der Waals surface area (Å²) < 4.78 is -0.101. The third-order valence-electron chi connectivity index (χ3n) is 5.12. The number of allylic oxidation sites excluding steroid dienone is 5. The average molecular weight is 532 g/mol. The van der Waals surface area contributed by atoms with E-state index >= 15 is 0 Å². The Kier molecular flexibility index (Phi) is 12.1. The average Bonchev–Trinajstić information content (AvgIpc) is 2.97. The Morgan fingerprint density at radius 3 is 1.97 bits per heavy atom. The van der Waals surface area contributed by atoms with E-state index < -0.39 is 0 Å². The summed E-state index contributed by atoms with van der Waals surface area (Å²) >= 11 is 2.20. The summed E-state index contributed by atoms with van der Waals surface area (Å²) in [7, 11) is 0. The van der Waals surface area contributed by atoms with Gasteiger partial charge in [-0.15, -0.1) is 0 Å². The lowest BCUT2D eigenvalue weighted by molar-refractivity contribution is 1.09. The molecule has 1 aliphatic rings. The van der Waals surface area contributed by atoms with Crippen molar-refractivity contribution in [2.75, 3.05) is 0 Å². The van der Waals surface area contributed by atoms with Crippen molar-refractivity contribution >= 4 is 48.0 Å². The molecule has 0 radical (unpaired) electrons. The van der Waals surface area contributed by atoms with Gasteiger partial charge in [-0.3, -0.25) is 5.41 Å². The van der Waals surface area contributed by atoms with Gasteiger partial charge >= 0.3 is 0 Å². The zero-order valence-corrected chi connectivity index (χ0v) is 22.1. The number of nitrogens with one attached hydrogen (secondary N) is 1. The fourth-order valence-electron chi connectivity index (χ4n) is 3.32. The minimum absolute atomic E-state index is 0.00846. The predicted molar refractivity (Wildman–Crippen MR) is 162 cm³/mol. The number of thioether (sulfide) groups is 2. The van der Waals surface area contributed by atoms with E-state index in [0.717, 1.165) is 45.8 Å². The number of hydrogen-bond donors (Lipinski definition) is 1. The van der Waals surface area contributed by atoms with Crippen LogP contribution < -0.4 is 0 Å². The van der Waals surface area contributed by atoms with Crippen LogP contribution in [0.4, 0.5) is 0 Å². The molecule has 0 fully saturated rings. The number of nitriles is 2. The molecule has 3 aromatic rings. The molecule has 186 valence electrons. The Hall–Kier alpha value is -4.43. The SMILES string of the molecule is N#CSC(SC#N)c1ccccc1.N=C(N=Cc1ccccc1)N=CC1C=CC=CC1=Cc1ccccc1. The number of guanidine groups is 1. The second-order valence-corrected chi connectivity index (χ2v) is 9.83. The van der Waals surface area contributed by atoms with Crippen LogP contribution in [0.15, 0.2) is 131 Å². The van der Waals surface area contributed by atoms with Crippen molar-refractivity contribution in [2.45, 2.75) is 4.58 Å². The highest BCUT2D eigenvalue weighted by atomic mass is 32.2. The van der Waals surface area contributed by atoms with Gasteiger partial charge in [0.15, 0.2) is 0 Å². The molecule has 0 aliphatic heterocycles. The maximum atomic E-state index is 8.51. The molecule has 0 bridgehead atoms. The van der Waals surface area contributed by atoms with Gasteiger partial charge in [-0.1, -0.05) is 121 Å². The second-order valence-electron chi connectivity index (χ2n) is 7.76. The number of thiocyanates is 2. The minimum Gasteiger partial charge on any atom is -0.266 e. The topological polar surface area (TPSA) is 96.2 Å². The van der Waals surface area contributed by atoms with Crippen molar-refractivity contribution < 1.29 is 0 Å². The van der Waals surface area contributed by atoms with Crippen LogP contribution in [0.25, 0.3) is 6.08 Å². The van der Waals surface area contributed by atoms with Gasteiger partial charge in [0.25, 0.3) is 0 Å². The molecule has 0 spiro atoms. The lowest BCUT2D eigenvalue weighted by Crippen LogP contribution is -2.05. The van der Waals surface area contributed by atoms with E-state index in [-0.39, 0.29) is 16.5 Å². The van der Waals surface area contributed by atoms with E-state index in [2.05, 4.69) is 40.3 Å². The molecule has 5 nitrogen and oxygen atoms in total. The van der Waals surface area contributed by atoms with Crippen molar-refractivity contribution in [2.24, 2.45) is 15.9 Å². The van der Waals surface area contributed by atoms with Crippen LogP contribution in [0, 0.1) is 32.7 Å². The lowest BCUT2D eigenvalue weighted by Gasteiger charge is -2.12. The zero-order chi connectivity index (χ0) is 26.8. The summed E-state index contributed by atoms with van der Waals surface area (Å²) in [5.41, 5.74) is 4.23. The van der Waals surface area contributed by atoms with E-state index in [9.17, 15) is 0 Å². The molecule has 1 N–H and O–H groups in total. The van der Waals surface area contributed by atoms with Crippen LogP contribution in [0.5, 0.6) is 0 Å².